The number of nitrogens with one attached hydrogen (secondary N) is 1. The van der Waals surface area contributed by atoms with E-state index in [1.807, 2.05) is 0 Å². The number of pyridine rings is 1. The van der Waals surface area contributed by atoms with Crippen LogP contribution in [0.15, 0.2) is 60.8 Å². The van der Waals surface area contributed by atoms with Gasteiger partial charge in [-0.15, -0.1) is 0 Å². The number of hydrogen-bond donors (Lipinski definition) is 2. The van der Waals surface area contributed by atoms with E-state index in [2.05, 4.69) is 10.3 Å². The second-order valence-corrected chi connectivity index (χ2v) is 6.20. The normalized spacial score (nSPS) is 10.3. The molecule has 2 N–H and O–H groups in total. The minimum absolute atomic E-state index is 0.0250. The van der Waals surface area contributed by atoms with Crippen LogP contribution in [0.2, 0.25) is 0 Å². The van der Waals surface area contributed by atoms with Crippen LogP contribution in [0.5, 0.6) is 11.5 Å². The standard InChI is InChI=1S/C22H19FN2O5/c1-2-29-22(28)15-6-9-20(24-12-15)25-21(27)18-11-17(7-8-19(18)26)30-13-14-4-3-5-16(23)10-14/h3-12,26H,2,13H2,1H3,(H,24,25,27). The van der Waals surface area contributed by atoms with Crippen molar-refractivity contribution in [3.63, 3.8) is 0 Å². The molecule has 154 valence electrons. The summed E-state index contributed by atoms with van der Waals surface area (Å²) in [4.78, 5) is 28.2. The number of aromatic hydroxyl groups is 1. The summed E-state index contributed by atoms with van der Waals surface area (Å²) in [6.45, 7) is 2.04. The first-order valence-electron chi connectivity index (χ1n) is 9.11. The summed E-state index contributed by atoms with van der Waals surface area (Å²) in [6.07, 6.45) is 1.28. The summed E-state index contributed by atoms with van der Waals surface area (Å²) in [5.74, 6) is -1.22. The number of phenolic OH excluding ortho intramolecular Hbond substituents is 1. The molecule has 0 saturated carbocycles. The van der Waals surface area contributed by atoms with E-state index >= 15 is 0 Å². The lowest BCUT2D eigenvalue weighted by atomic mass is 10.1. The van der Waals surface area contributed by atoms with Gasteiger partial charge < -0.3 is 19.9 Å². The summed E-state index contributed by atoms with van der Waals surface area (Å²) in [5.41, 5.74) is 0.855. The first kappa shape index (κ1) is 20.8. The SMILES string of the molecule is CCOC(=O)c1ccc(NC(=O)c2cc(OCc3cccc(F)c3)ccc2O)nc1. The Morgan fingerprint density at radius 3 is 2.67 bits per heavy atom. The highest BCUT2D eigenvalue weighted by Crippen LogP contribution is 2.25. The van der Waals surface area contributed by atoms with Crippen molar-refractivity contribution in [2.24, 2.45) is 0 Å². The number of aromatic nitrogens is 1. The molecule has 3 rings (SSSR count). The molecule has 0 atom stereocenters. The molecule has 0 spiro atoms. The summed E-state index contributed by atoms with van der Waals surface area (Å²) in [5, 5.41) is 12.6. The molecule has 0 aliphatic heterocycles. The van der Waals surface area contributed by atoms with Crippen LogP contribution in [0, 0.1) is 5.82 Å². The predicted octanol–water partition coefficient (Wildman–Crippen LogP) is 3.93. The van der Waals surface area contributed by atoms with Crippen molar-refractivity contribution in [2.45, 2.75) is 13.5 Å². The predicted molar refractivity (Wildman–Crippen MR) is 107 cm³/mol. The molecule has 0 aliphatic carbocycles. The Morgan fingerprint density at radius 1 is 1.13 bits per heavy atom. The van der Waals surface area contributed by atoms with Crippen molar-refractivity contribution in [2.75, 3.05) is 11.9 Å². The molecule has 0 unspecified atom stereocenters. The fourth-order valence-electron chi connectivity index (χ4n) is 2.57. The van der Waals surface area contributed by atoms with Crippen molar-refractivity contribution in [3.05, 3.63) is 83.3 Å². The lowest BCUT2D eigenvalue weighted by molar-refractivity contribution is 0.0526. The Balaban J connectivity index is 1.68. The third kappa shape index (κ3) is 5.32. The number of hydrogen-bond acceptors (Lipinski definition) is 6. The van der Waals surface area contributed by atoms with E-state index < -0.39 is 11.9 Å². The minimum atomic E-state index is -0.611. The number of carbonyl (C=O) groups is 2. The highest BCUT2D eigenvalue weighted by Gasteiger charge is 2.14. The van der Waals surface area contributed by atoms with Crippen LogP contribution in [0.25, 0.3) is 0 Å². The quantitative estimate of drug-likeness (QED) is 0.573. The second-order valence-electron chi connectivity index (χ2n) is 6.20. The number of benzene rings is 2. The largest absolute Gasteiger partial charge is 0.507 e. The van der Waals surface area contributed by atoms with Gasteiger partial charge in [-0.2, -0.15) is 0 Å². The van der Waals surface area contributed by atoms with E-state index in [9.17, 15) is 19.1 Å². The molecule has 1 amide bonds. The fraction of sp³-hybridized carbons (Fsp3) is 0.136. The Labute approximate surface area is 172 Å². The summed E-state index contributed by atoms with van der Waals surface area (Å²) in [7, 11) is 0. The van der Waals surface area contributed by atoms with Gasteiger partial charge in [-0.3, -0.25) is 4.79 Å². The van der Waals surface area contributed by atoms with Gasteiger partial charge in [0.25, 0.3) is 5.91 Å². The third-order valence-corrected chi connectivity index (χ3v) is 4.02. The van der Waals surface area contributed by atoms with E-state index in [0.29, 0.717) is 11.3 Å². The zero-order valence-electron chi connectivity index (χ0n) is 16.1. The highest BCUT2D eigenvalue weighted by atomic mass is 19.1. The van der Waals surface area contributed by atoms with Crippen LogP contribution in [-0.4, -0.2) is 28.6 Å². The smallest absolute Gasteiger partial charge is 0.339 e. The molecule has 0 aliphatic rings. The van der Waals surface area contributed by atoms with Gasteiger partial charge in [-0.05, 0) is 55.0 Å². The first-order valence-corrected chi connectivity index (χ1v) is 9.11. The number of anilines is 1. The highest BCUT2D eigenvalue weighted by molar-refractivity contribution is 6.06. The van der Waals surface area contributed by atoms with Crippen LogP contribution in [-0.2, 0) is 11.3 Å². The number of phenols is 1. The van der Waals surface area contributed by atoms with Gasteiger partial charge in [0.2, 0.25) is 0 Å². The van der Waals surface area contributed by atoms with Crippen molar-refractivity contribution < 1.29 is 28.6 Å². The zero-order valence-corrected chi connectivity index (χ0v) is 16.1. The maximum atomic E-state index is 13.3. The summed E-state index contributed by atoms with van der Waals surface area (Å²) < 4.78 is 23.7. The Bertz CT molecular complexity index is 1050. The first-order chi connectivity index (χ1) is 14.5. The molecule has 2 aromatic carbocycles. The number of rotatable bonds is 7. The zero-order chi connectivity index (χ0) is 21.5. The molecular formula is C22H19FN2O5. The van der Waals surface area contributed by atoms with Gasteiger partial charge in [-0.25, -0.2) is 14.2 Å². The molecule has 1 heterocycles. The summed E-state index contributed by atoms with van der Waals surface area (Å²) in [6, 6.07) is 13.1. The van der Waals surface area contributed by atoms with Crippen molar-refractivity contribution in [1.29, 1.82) is 0 Å². The van der Waals surface area contributed by atoms with Gasteiger partial charge in [0, 0.05) is 6.20 Å². The van der Waals surface area contributed by atoms with Crippen molar-refractivity contribution in [3.8, 4) is 11.5 Å². The number of amides is 1. The molecule has 0 fully saturated rings. The van der Waals surface area contributed by atoms with E-state index in [1.165, 1.54) is 48.7 Å². The van der Waals surface area contributed by atoms with Crippen LogP contribution in [0.4, 0.5) is 10.2 Å². The second kappa shape index (κ2) is 9.51. The maximum absolute atomic E-state index is 13.3. The molecule has 1 aromatic heterocycles. The van der Waals surface area contributed by atoms with Crippen LogP contribution in [0.1, 0.15) is 33.2 Å². The molecule has 8 heteroatoms. The van der Waals surface area contributed by atoms with E-state index in [-0.39, 0.29) is 41.7 Å². The monoisotopic (exact) mass is 410 g/mol. The van der Waals surface area contributed by atoms with Gasteiger partial charge in [0.05, 0.1) is 17.7 Å². The molecular weight excluding hydrogens is 391 g/mol. The van der Waals surface area contributed by atoms with Crippen LogP contribution < -0.4 is 10.1 Å². The van der Waals surface area contributed by atoms with Gasteiger partial charge in [0.15, 0.2) is 0 Å². The molecule has 0 bridgehead atoms. The van der Waals surface area contributed by atoms with Gasteiger partial charge in [-0.1, -0.05) is 12.1 Å². The number of halogens is 1. The number of ether oxygens (including phenoxy) is 2. The van der Waals surface area contributed by atoms with E-state index in [4.69, 9.17) is 9.47 Å². The summed E-state index contributed by atoms with van der Waals surface area (Å²) >= 11 is 0. The average Bonchev–Trinajstić information content (AvgIpc) is 2.74. The molecule has 3 aromatic rings. The molecule has 30 heavy (non-hydrogen) atoms. The molecule has 0 saturated heterocycles. The Hall–Kier alpha value is -3.94. The third-order valence-electron chi connectivity index (χ3n) is 4.02. The van der Waals surface area contributed by atoms with Crippen LogP contribution >= 0.6 is 0 Å². The van der Waals surface area contributed by atoms with E-state index in [1.54, 1.807) is 19.1 Å². The van der Waals surface area contributed by atoms with Crippen LogP contribution in [0.3, 0.4) is 0 Å². The van der Waals surface area contributed by atoms with Gasteiger partial charge in [0.1, 0.15) is 29.7 Å². The average molecular weight is 410 g/mol. The molecule has 7 nitrogen and oxygen atoms in total. The Morgan fingerprint density at radius 2 is 1.97 bits per heavy atom. The maximum Gasteiger partial charge on any atom is 0.339 e. The topological polar surface area (TPSA) is 97.8 Å². The van der Waals surface area contributed by atoms with Crippen molar-refractivity contribution in [1.82, 2.24) is 4.98 Å². The number of esters is 1. The number of carbonyl (C=O) groups excluding carboxylic acids is 2. The fourth-order valence-corrected chi connectivity index (χ4v) is 2.57. The lowest BCUT2D eigenvalue weighted by Gasteiger charge is -2.10. The molecule has 0 radical (unpaired) electrons. The van der Waals surface area contributed by atoms with Crippen molar-refractivity contribution >= 4 is 17.7 Å². The number of nitrogens with zero attached hydrogens (tertiary/aromatic N) is 1. The van der Waals surface area contributed by atoms with E-state index in [0.717, 1.165) is 0 Å². The van der Waals surface area contributed by atoms with Gasteiger partial charge >= 0.3 is 5.97 Å². The lowest BCUT2D eigenvalue weighted by Crippen LogP contribution is -2.14. The minimum Gasteiger partial charge on any atom is -0.507 e. The Kier molecular flexibility index (Phi) is 6.59.